The molecule has 2 atom stereocenters. The summed E-state index contributed by atoms with van der Waals surface area (Å²) in [6.45, 7) is 6.79. The van der Waals surface area contributed by atoms with Crippen LogP contribution in [0.4, 0.5) is 0 Å². The van der Waals surface area contributed by atoms with Gasteiger partial charge in [0.05, 0.1) is 6.10 Å². The Morgan fingerprint density at radius 1 is 0.955 bits per heavy atom. The maximum absolute atomic E-state index is 9.73. The van der Waals surface area contributed by atoms with Crippen molar-refractivity contribution >= 4 is 0 Å². The molecule has 0 heterocycles. The smallest absolute Gasteiger partial charge is 0.0517 e. The van der Waals surface area contributed by atoms with E-state index in [-0.39, 0.29) is 17.4 Å². The van der Waals surface area contributed by atoms with Crippen LogP contribution in [0.3, 0.4) is 0 Å². The average molecular weight is 297 g/mol. The number of aliphatic hydroxyl groups is 1. The molecule has 0 fully saturated rings. The van der Waals surface area contributed by atoms with E-state index in [0.717, 1.165) is 6.42 Å². The number of nitrogens with two attached hydrogens (primary N) is 1. The van der Waals surface area contributed by atoms with Crippen molar-refractivity contribution in [3.8, 4) is 11.1 Å². The largest absolute Gasteiger partial charge is 0.393 e. The van der Waals surface area contributed by atoms with Gasteiger partial charge in [-0.2, -0.15) is 0 Å². The van der Waals surface area contributed by atoms with Crippen LogP contribution < -0.4 is 5.73 Å². The lowest BCUT2D eigenvalue weighted by molar-refractivity contribution is 0.114. The van der Waals surface area contributed by atoms with Gasteiger partial charge in [-0.1, -0.05) is 68.4 Å². The highest BCUT2D eigenvalue weighted by molar-refractivity contribution is 5.63. The molecule has 2 unspecified atom stereocenters. The Morgan fingerprint density at radius 2 is 1.50 bits per heavy atom. The quantitative estimate of drug-likeness (QED) is 0.839. The number of aliphatic hydroxyl groups excluding tert-OH is 1. The van der Waals surface area contributed by atoms with Crippen LogP contribution in [0.2, 0.25) is 0 Å². The van der Waals surface area contributed by atoms with Gasteiger partial charge < -0.3 is 10.8 Å². The molecule has 2 aromatic rings. The predicted molar refractivity (Wildman–Crippen MR) is 93.8 cm³/mol. The van der Waals surface area contributed by atoms with Crippen LogP contribution in [0, 0.1) is 5.41 Å². The standard InChI is InChI=1S/C20H27NO/c1-15(22)13-20(2,3)19(14-21)18-11-9-17(10-12-18)16-7-5-4-6-8-16/h4-12,15,19,22H,13-14,21H2,1-3H3. The summed E-state index contributed by atoms with van der Waals surface area (Å²) < 4.78 is 0. The zero-order chi connectivity index (χ0) is 16.2. The Balaban J connectivity index is 2.24. The van der Waals surface area contributed by atoms with Gasteiger partial charge in [0.1, 0.15) is 0 Å². The Labute approximate surface area is 134 Å². The molecule has 0 aliphatic rings. The number of rotatable bonds is 6. The van der Waals surface area contributed by atoms with Crippen molar-refractivity contribution in [3.05, 3.63) is 60.2 Å². The molecule has 0 spiro atoms. The summed E-state index contributed by atoms with van der Waals surface area (Å²) in [7, 11) is 0. The first-order valence-electron chi connectivity index (χ1n) is 7.97. The molecule has 0 radical (unpaired) electrons. The molecule has 0 saturated carbocycles. The molecule has 0 aromatic heterocycles. The van der Waals surface area contributed by atoms with Gasteiger partial charge in [-0.3, -0.25) is 0 Å². The number of hydrogen-bond acceptors (Lipinski definition) is 2. The van der Waals surface area contributed by atoms with Crippen molar-refractivity contribution < 1.29 is 5.11 Å². The first kappa shape index (κ1) is 16.7. The van der Waals surface area contributed by atoms with Gasteiger partial charge in [-0.05, 0) is 42.0 Å². The number of hydrogen-bond donors (Lipinski definition) is 2. The molecule has 0 saturated heterocycles. The maximum Gasteiger partial charge on any atom is 0.0517 e. The molecular formula is C20H27NO. The third-order valence-corrected chi connectivity index (χ3v) is 4.42. The number of benzene rings is 2. The summed E-state index contributed by atoms with van der Waals surface area (Å²) in [5.41, 5.74) is 9.69. The van der Waals surface area contributed by atoms with E-state index < -0.39 is 0 Å². The predicted octanol–water partition coefficient (Wildman–Crippen LogP) is 4.19. The highest BCUT2D eigenvalue weighted by Crippen LogP contribution is 2.39. The Bertz CT molecular complexity index is 572. The van der Waals surface area contributed by atoms with E-state index in [1.54, 1.807) is 0 Å². The molecule has 0 aliphatic heterocycles. The Kier molecular flexibility index (Phi) is 5.38. The zero-order valence-electron chi connectivity index (χ0n) is 13.8. The van der Waals surface area contributed by atoms with E-state index in [1.807, 2.05) is 13.0 Å². The first-order chi connectivity index (χ1) is 10.4. The second kappa shape index (κ2) is 7.08. The van der Waals surface area contributed by atoms with E-state index in [9.17, 15) is 5.11 Å². The van der Waals surface area contributed by atoms with Gasteiger partial charge in [0.2, 0.25) is 0 Å². The molecule has 2 heteroatoms. The Hall–Kier alpha value is -1.64. The fourth-order valence-corrected chi connectivity index (χ4v) is 3.35. The van der Waals surface area contributed by atoms with E-state index >= 15 is 0 Å². The van der Waals surface area contributed by atoms with E-state index in [0.29, 0.717) is 6.54 Å². The van der Waals surface area contributed by atoms with Crippen LogP contribution in [-0.2, 0) is 0 Å². The van der Waals surface area contributed by atoms with Crippen molar-refractivity contribution in [2.24, 2.45) is 11.1 Å². The van der Waals surface area contributed by atoms with Crippen LogP contribution in [0.25, 0.3) is 11.1 Å². The SMILES string of the molecule is CC(O)CC(C)(C)C(CN)c1ccc(-c2ccccc2)cc1. The monoisotopic (exact) mass is 297 g/mol. The maximum atomic E-state index is 9.73. The second-order valence-corrected chi connectivity index (χ2v) is 6.82. The lowest BCUT2D eigenvalue weighted by Crippen LogP contribution is -2.31. The molecule has 22 heavy (non-hydrogen) atoms. The van der Waals surface area contributed by atoms with Gasteiger partial charge in [0.15, 0.2) is 0 Å². The minimum absolute atomic E-state index is 0.0306. The second-order valence-electron chi connectivity index (χ2n) is 6.82. The molecule has 2 aromatic carbocycles. The first-order valence-corrected chi connectivity index (χ1v) is 7.97. The van der Waals surface area contributed by atoms with E-state index in [2.05, 4.69) is 62.4 Å². The molecule has 2 nitrogen and oxygen atoms in total. The lowest BCUT2D eigenvalue weighted by Gasteiger charge is -2.35. The van der Waals surface area contributed by atoms with Crippen LogP contribution in [-0.4, -0.2) is 17.8 Å². The summed E-state index contributed by atoms with van der Waals surface area (Å²) in [6.07, 6.45) is 0.433. The van der Waals surface area contributed by atoms with Gasteiger partial charge in [0, 0.05) is 5.92 Å². The highest BCUT2D eigenvalue weighted by atomic mass is 16.3. The lowest BCUT2D eigenvalue weighted by atomic mass is 9.71. The highest BCUT2D eigenvalue weighted by Gasteiger charge is 2.30. The normalized spacial score (nSPS) is 14.6. The van der Waals surface area contributed by atoms with Gasteiger partial charge in [-0.15, -0.1) is 0 Å². The van der Waals surface area contributed by atoms with Crippen molar-refractivity contribution in [3.63, 3.8) is 0 Å². The summed E-state index contributed by atoms with van der Waals surface area (Å²) >= 11 is 0. The van der Waals surface area contributed by atoms with Gasteiger partial charge in [-0.25, -0.2) is 0 Å². The third-order valence-electron chi connectivity index (χ3n) is 4.42. The average Bonchev–Trinajstić information content (AvgIpc) is 2.48. The topological polar surface area (TPSA) is 46.2 Å². The van der Waals surface area contributed by atoms with Crippen molar-refractivity contribution in [2.45, 2.75) is 39.2 Å². The zero-order valence-corrected chi connectivity index (χ0v) is 13.8. The molecule has 0 aliphatic carbocycles. The fourth-order valence-electron chi connectivity index (χ4n) is 3.35. The molecule has 2 rings (SSSR count). The third kappa shape index (κ3) is 3.96. The summed E-state index contributed by atoms with van der Waals surface area (Å²) in [5.74, 6) is 0.243. The fraction of sp³-hybridized carbons (Fsp3) is 0.400. The summed E-state index contributed by atoms with van der Waals surface area (Å²) in [4.78, 5) is 0. The van der Waals surface area contributed by atoms with Crippen LogP contribution in [0.15, 0.2) is 54.6 Å². The Morgan fingerprint density at radius 3 is 2.00 bits per heavy atom. The molecule has 3 N–H and O–H groups in total. The van der Waals surface area contributed by atoms with Gasteiger partial charge in [0.25, 0.3) is 0 Å². The molecule has 0 amide bonds. The minimum Gasteiger partial charge on any atom is -0.393 e. The molecule has 0 bridgehead atoms. The summed E-state index contributed by atoms with van der Waals surface area (Å²) in [6, 6.07) is 19.0. The minimum atomic E-state index is -0.312. The molecular weight excluding hydrogens is 270 g/mol. The van der Waals surface area contributed by atoms with Crippen LogP contribution >= 0.6 is 0 Å². The molecule has 118 valence electrons. The van der Waals surface area contributed by atoms with E-state index in [1.165, 1.54) is 16.7 Å². The van der Waals surface area contributed by atoms with Crippen LogP contribution in [0.5, 0.6) is 0 Å². The summed E-state index contributed by atoms with van der Waals surface area (Å²) in [5, 5.41) is 9.73. The van der Waals surface area contributed by atoms with E-state index in [4.69, 9.17) is 5.73 Å². The van der Waals surface area contributed by atoms with Crippen molar-refractivity contribution in [2.75, 3.05) is 6.54 Å². The van der Waals surface area contributed by atoms with Crippen molar-refractivity contribution in [1.82, 2.24) is 0 Å². The van der Waals surface area contributed by atoms with Crippen LogP contribution in [0.1, 0.15) is 38.7 Å². The van der Waals surface area contributed by atoms with Crippen molar-refractivity contribution in [1.29, 1.82) is 0 Å². The van der Waals surface area contributed by atoms with Gasteiger partial charge >= 0.3 is 0 Å².